The van der Waals surface area contributed by atoms with Crippen LogP contribution in [0.2, 0.25) is 5.02 Å². The molecule has 5 heteroatoms. The lowest BCUT2D eigenvalue weighted by molar-refractivity contribution is 0.0427. The van der Waals surface area contributed by atoms with Gasteiger partial charge in [-0.1, -0.05) is 38.8 Å². The topological polar surface area (TPSA) is 47.0 Å². The minimum Gasteiger partial charge on any atom is -0.473 e. The molecule has 0 spiro atoms. The van der Waals surface area contributed by atoms with Crippen molar-refractivity contribution >= 4 is 17.5 Å². The van der Waals surface area contributed by atoms with E-state index in [0.29, 0.717) is 34.6 Å². The summed E-state index contributed by atoms with van der Waals surface area (Å²) in [6.45, 7) is 9.61. The Balaban J connectivity index is 2.15. The molecule has 1 saturated carbocycles. The van der Waals surface area contributed by atoms with Gasteiger partial charge in [-0.3, -0.25) is 0 Å². The van der Waals surface area contributed by atoms with E-state index in [1.807, 2.05) is 6.92 Å². The third-order valence-corrected chi connectivity index (χ3v) is 4.53. The Hall–Kier alpha value is -1.03. The van der Waals surface area contributed by atoms with E-state index in [1.54, 1.807) is 6.20 Å². The molecule has 0 aromatic carbocycles. The van der Waals surface area contributed by atoms with E-state index in [2.05, 4.69) is 36.1 Å². The van der Waals surface area contributed by atoms with E-state index in [9.17, 15) is 0 Å². The highest BCUT2D eigenvalue weighted by Crippen LogP contribution is 2.37. The highest BCUT2D eigenvalue weighted by atomic mass is 35.5. The molecule has 0 aliphatic heterocycles. The highest BCUT2D eigenvalue weighted by molar-refractivity contribution is 6.31. The van der Waals surface area contributed by atoms with Gasteiger partial charge in [-0.05, 0) is 37.5 Å². The Labute approximate surface area is 132 Å². The summed E-state index contributed by atoms with van der Waals surface area (Å²) < 4.78 is 6.19. The summed E-state index contributed by atoms with van der Waals surface area (Å²) >= 11 is 6.20. The standard InChI is InChI=1S/C16H26ClN3O/c1-5-18-16-19-9-13(17)15(20-16)21-14-8-11(4)6-7-12(14)10(2)3/h9-12,14H,5-8H2,1-4H3,(H,18,19,20). The molecule has 1 heterocycles. The maximum atomic E-state index is 6.20. The van der Waals surface area contributed by atoms with Gasteiger partial charge in [0.05, 0.1) is 6.20 Å². The molecule has 4 nitrogen and oxygen atoms in total. The van der Waals surface area contributed by atoms with Gasteiger partial charge in [0.15, 0.2) is 0 Å². The first-order valence-electron chi connectivity index (χ1n) is 7.94. The van der Waals surface area contributed by atoms with Gasteiger partial charge in [0.2, 0.25) is 11.8 Å². The van der Waals surface area contributed by atoms with Crippen LogP contribution in [0.1, 0.15) is 47.0 Å². The Morgan fingerprint density at radius 1 is 1.43 bits per heavy atom. The molecule has 0 radical (unpaired) electrons. The lowest BCUT2D eigenvalue weighted by atomic mass is 9.75. The maximum absolute atomic E-state index is 6.20. The Morgan fingerprint density at radius 2 is 2.19 bits per heavy atom. The Bertz CT molecular complexity index is 467. The molecule has 1 aromatic heterocycles. The van der Waals surface area contributed by atoms with Gasteiger partial charge in [-0.15, -0.1) is 0 Å². The van der Waals surface area contributed by atoms with Gasteiger partial charge < -0.3 is 10.1 Å². The molecule has 21 heavy (non-hydrogen) atoms. The number of hydrogen-bond donors (Lipinski definition) is 1. The largest absolute Gasteiger partial charge is 0.473 e. The second-order valence-electron chi connectivity index (χ2n) is 6.36. The van der Waals surface area contributed by atoms with Crippen LogP contribution in [0.25, 0.3) is 0 Å². The first-order chi connectivity index (χ1) is 10.0. The molecule has 0 bridgehead atoms. The van der Waals surface area contributed by atoms with Gasteiger partial charge in [-0.25, -0.2) is 4.98 Å². The van der Waals surface area contributed by atoms with E-state index >= 15 is 0 Å². The van der Waals surface area contributed by atoms with E-state index < -0.39 is 0 Å². The van der Waals surface area contributed by atoms with Crippen molar-refractivity contribution in [3.05, 3.63) is 11.2 Å². The molecule has 1 aliphatic rings. The fraction of sp³-hybridized carbons (Fsp3) is 0.750. The van der Waals surface area contributed by atoms with Crippen LogP contribution in [0, 0.1) is 17.8 Å². The smallest absolute Gasteiger partial charge is 0.237 e. The summed E-state index contributed by atoms with van der Waals surface area (Å²) in [5, 5.41) is 3.58. The van der Waals surface area contributed by atoms with E-state index in [-0.39, 0.29) is 6.10 Å². The average Bonchev–Trinajstić information content (AvgIpc) is 2.42. The first-order valence-corrected chi connectivity index (χ1v) is 8.32. The van der Waals surface area contributed by atoms with E-state index in [4.69, 9.17) is 16.3 Å². The number of aromatic nitrogens is 2. The second kappa shape index (κ2) is 7.30. The molecule has 1 aliphatic carbocycles. The summed E-state index contributed by atoms with van der Waals surface area (Å²) in [6, 6.07) is 0. The molecule has 1 fully saturated rings. The minimum atomic E-state index is 0.190. The summed E-state index contributed by atoms with van der Waals surface area (Å²) in [7, 11) is 0. The van der Waals surface area contributed by atoms with E-state index in [1.165, 1.54) is 12.8 Å². The number of hydrogen-bond acceptors (Lipinski definition) is 4. The van der Waals surface area contributed by atoms with Crippen molar-refractivity contribution in [2.45, 2.75) is 53.1 Å². The molecular formula is C16H26ClN3O. The monoisotopic (exact) mass is 311 g/mol. The lowest BCUT2D eigenvalue weighted by Gasteiger charge is -2.37. The van der Waals surface area contributed by atoms with Crippen molar-refractivity contribution < 1.29 is 4.74 Å². The molecule has 3 atom stereocenters. The van der Waals surface area contributed by atoms with Crippen molar-refractivity contribution in [3.63, 3.8) is 0 Å². The number of anilines is 1. The highest BCUT2D eigenvalue weighted by Gasteiger charge is 2.33. The van der Waals surface area contributed by atoms with Crippen molar-refractivity contribution in [1.29, 1.82) is 0 Å². The summed E-state index contributed by atoms with van der Waals surface area (Å²) in [6.07, 6.45) is 5.36. The molecule has 0 amide bonds. The zero-order valence-electron chi connectivity index (χ0n) is 13.4. The van der Waals surface area contributed by atoms with Crippen LogP contribution >= 0.6 is 11.6 Å². The third kappa shape index (κ3) is 4.22. The average molecular weight is 312 g/mol. The Kier molecular flexibility index (Phi) is 5.68. The number of nitrogens with zero attached hydrogens (tertiary/aromatic N) is 2. The van der Waals surface area contributed by atoms with E-state index in [0.717, 1.165) is 13.0 Å². The van der Waals surface area contributed by atoms with Crippen LogP contribution < -0.4 is 10.1 Å². The number of ether oxygens (including phenoxy) is 1. The molecule has 0 saturated heterocycles. The summed E-state index contributed by atoms with van der Waals surface area (Å²) in [5.41, 5.74) is 0. The van der Waals surface area contributed by atoms with Gasteiger partial charge in [0.1, 0.15) is 11.1 Å². The van der Waals surface area contributed by atoms with Gasteiger partial charge >= 0.3 is 0 Å². The van der Waals surface area contributed by atoms with Gasteiger partial charge in [-0.2, -0.15) is 4.98 Å². The summed E-state index contributed by atoms with van der Waals surface area (Å²) in [5.74, 6) is 2.94. The number of halogens is 1. The van der Waals surface area contributed by atoms with Crippen LogP contribution in [0.15, 0.2) is 6.20 Å². The molecule has 2 rings (SSSR count). The molecule has 1 N–H and O–H groups in total. The fourth-order valence-corrected chi connectivity index (χ4v) is 3.21. The molecule has 3 unspecified atom stereocenters. The normalized spacial score (nSPS) is 25.9. The first kappa shape index (κ1) is 16.3. The zero-order valence-corrected chi connectivity index (χ0v) is 14.2. The summed E-state index contributed by atoms with van der Waals surface area (Å²) in [4.78, 5) is 8.56. The van der Waals surface area contributed by atoms with Gasteiger partial charge in [0.25, 0.3) is 0 Å². The predicted octanol–water partition coefficient (Wildman–Crippen LogP) is 4.40. The predicted molar refractivity (Wildman–Crippen MR) is 87.0 cm³/mol. The van der Waals surface area contributed by atoms with Crippen LogP contribution in [0.5, 0.6) is 5.88 Å². The zero-order chi connectivity index (χ0) is 15.4. The third-order valence-electron chi connectivity index (χ3n) is 4.27. The Morgan fingerprint density at radius 3 is 2.86 bits per heavy atom. The lowest BCUT2D eigenvalue weighted by Crippen LogP contribution is -2.36. The van der Waals surface area contributed by atoms with Crippen molar-refractivity contribution in [2.24, 2.45) is 17.8 Å². The fourth-order valence-electron chi connectivity index (χ4n) is 3.07. The minimum absolute atomic E-state index is 0.190. The molecule has 118 valence electrons. The SMILES string of the molecule is CCNc1ncc(Cl)c(OC2CC(C)CCC2C(C)C)n1. The van der Waals surface area contributed by atoms with Crippen LogP contribution in [0.3, 0.4) is 0 Å². The molecular weight excluding hydrogens is 286 g/mol. The maximum Gasteiger partial charge on any atom is 0.237 e. The second-order valence-corrected chi connectivity index (χ2v) is 6.77. The van der Waals surface area contributed by atoms with Crippen molar-refractivity contribution in [2.75, 3.05) is 11.9 Å². The molecule has 1 aromatic rings. The van der Waals surface area contributed by atoms with Crippen LogP contribution in [-0.4, -0.2) is 22.6 Å². The van der Waals surface area contributed by atoms with Gasteiger partial charge in [0, 0.05) is 6.54 Å². The number of rotatable bonds is 5. The van der Waals surface area contributed by atoms with Crippen LogP contribution in [0.4, 0.5) is 5.95 Å². The van der Waals surface area contributed by atoms with Crippen molar-refractivity contribution in [3.8, 4) is 5.88 Å². The van der Waals surface area contributed by atoms with Crippen molar-refractivity contribution in [1.82, 2.24) is 9.97 Å². The van der Waals surface area contributed by atoms with Crippen LogP contribution in [-0.2, 0) is 0 Å². The quantitative estimate of drug-likeness (QED) is 0.875. The number of nitrogens with one attached hydrogen (secondary N) is 1.